The smallest absolute Gasteiger partial charge is 0.0412 e. The van der Waals surface area contributed by atoms with Gasteiger partial charge in [-0.1, -0.05) is 136 Å². The molecule has 0 aromatic heterocycles. The van der Waals surface area contributed by atoms with Crippen molar-refractivity contribution in [3.63, 3.8) is 0 Å². The van der Waals surface area contributed by atoms with Crippen molar-refractivity contribution in [1.82, 2.24) is 0 Å². The molecule has 2 atom stereocenters. The standard InChI is InChI=1S/C28H35P.BrH/c1-2-3-4-5-6-16-23-27(24-17-10-7-11-18-24)28(29,25-19-12-8-13-20-25)26-21-14-9-15-22-26;/h7-15,17-22,27H,2-6,16,23,29H2,1H3;1H. The van der Waals surface area contributed by atoms with Gasteiger partial charge in [0.1, 0.15) is 0 Å². The summed E-state index contributed by atoms with van der Waals surface area (Å²) in [4.78, 5) is 0. The van der Waals surface area contributed by atoms with E-state index in [1.807, 2.05) is 0 Å². The molecule has 0 N–H and O–H groups in total. The molecule has 2 heteroatoms. The normalized spacial score (nSPS) is 12.2. The second-order valence-corrected chi connectivity index (χ2v) is 9.03. The lowest BCUT2D eigenvalue weighted by molar-refractivity contribution is 0.480. The predicted octanol–water partition coefficient (Wildman–Crippen LogP) is 8.92. The van der Waals surface area contributed by atoms with Crippen LogP contribution in [0.15, 0.2) is 91.0 Å². The van der Waals surface area contributed by atoms with Crippen molar-refractivity contribution in [3.05, 3.63) is 108 Å². The Bertz CT molecular complexity index is 778. The second-order valence-electron chi connectivity index (χ2n) is 8.12. The van der Waals surface area contributed by atoms with Crippen LogP contribution < -0.4 is 0 Å². The minimum Gasteiger partial charge on any atom is -0.121 e. The van der Waals surface area contributed by atoms with Gasteiger partial charge in [0.05, 0.1) is 0 Å². The maximum atomic E-state index is 3.27. The van der Waals surface area contributed by atoms with Crippen LogP contribution in [0.1, 0.15) is 74.5 Å². The highest BCUT2D eigenvalue weighted by molar-refractivity contribution is 8.93. The van der Waals surface area contributed by atoms with Crippen LogP contribution in [0.3, 0.4) is 0 Å². The van der Waals surface area contributed by atoms with Crippen LogP contribution in [0.2, 0.25) is 0 Å². The second kappa shape index (κ2) is 13.1. The molecule has 0 aliphatic heterocycles. The zero-order chi connectivity index (χ0) is 20.4. The van der Waals surface area contributed by atoms with Gasteiger partial charge >= 0.3 is 0 Å². The van der Waals surface area contributed by atoms with Crippen LogP contribution in [0, 0.1) is 0 Å². The molecule has 0 aliphatic carbocycles. The van der Waals surface area contributed by atoms with E-state index < -0.39 is 0 Å². The molecule has 160 valence electrons. The Kier molecular flexibility index (Phi) is 10.8. The van der Waals surface area contributed by atoms with Crippen LogP contribution in [0.5, 0.6) is 0 Å². The third kappa shape index (κ3) is 6.29. The van der Waals surface area contributed by atoms with Crippen LogP contribution in [0.4, 0.5) is 0 Å². The van der Waals surface area contributed by atoms with Crippen molar-refractivity contribution in [3.8, 4) is 0 Å². The topological polar surface area (TPSA) is 0 Å². The average molecular weight is 483 g/mol. The Morgan fingerprint density at radius 3 is 1.57 bits per heavy atom. The first kappa shape index (κ1) is 24.8. The minimum absolute atomic E-state index is 0. The Labute approximate surface area is 196 Å². The first-order chi connectivity index (χ1) is 14.3. The molecule has 0 radical (unpaired) electrons. The summed E-state index contributed by atoms with van der Waals surface area (Å²) in [7, 11) is 3.27. The van der Waals surface area contributed by atoms with Crippen molar-refractivity contribution in [2.24, 2.45) is 0 Å². The number of benzene rings is 3. The summed E-state index contributed by atoms with van der Waals surface area (Å²) >= 11 is 0. The van der Waals surface area contributed by atoms with Gasteiger partial charge in [0.15, 0.2) is 0 Å². The van der Waals surface area contributed by atoms with E-state index in [0.29, 0.717) is 5.92 Å². The fraction of sp³-hybridized carbons (Fsp3) is 0.357. The van der Waals surface area contributed by atoms with Crippen molar-refractivity contribution in [2.75, 3.05) is 0 Å². The molecule has 0 saturated carbocycles. The number of hydrogen-bond donors (Lipinski definition) is 0. The molecule has 2 unspecified atom stereocenters. The van der Waals surface area contributed by atoms with Gasteiger partial charge < -0.3 is 0 Å². The lowest BCUT2D eigenvalue weighted by Gasteiger charge is -2.39. The fourth-order valence-electron chi connectivity index (χ4n) is 4.47. The maximum absolute atomic E-state index is 3.27. The fourth-order valence-corrected chi connectivity index (χ4v) is 5.21. The summed E-state index contributed by atoms with van der Waals surface area (Å²) in [6, 6.07) is 33.2. The van der Waals surface area contributed by atoms with E-state index in [2.05, 4.69) is 107 Å². The molecule has 0 saturated heterocycles. The highest BCUT2D eigenvalue weighted by Crippen LogP contribution is 2.51. The van der Waals surface area contributed by atoms with E-state index in [-0.39, 0.29) is 22.1 Å². The number of hydrogen-bond acceptors (Lipinski definition) is 0. The zero-order valence-corrected chi connectivity index (χ0v) is 21.0. The minimum atomic E-state index is -0.132. The quantitative estimate of drug-likeness (QED) is 0.189. The van der Waals surface area contributed by atoms with Crippen LogP contribution in [0.25, 0.3) is 0 Å². The lowest BCUT2D eigenvalue weighted by atomic mass is 9.74. The van der Waals surface area contributed by atoms with E-state index in [9.17, 15) is 0 Å². The highest BCUT2D eigenvalue weighted by atomic mass is 79.9. The van der Waals surface area contributed by atoms with E-state index in [0.717, 1.165) is 0 Å². The first-order valence-electron chi connectivity index (χ1n) is 11.2. The monoisotopic (exact) mass is 482 g/mol. The summed E-state index contributed by atoms with van der Waals surface area (Å²) in [5, 5.41) is -0.132. The molecule has 3 aromatic carbocycles. The van der Waals surface area contributed by atoms with Gasteiger partial charge in [-0.05, 0) is 23.1 Å². The van der Waals surface area contributed by atoms with E-state index in [4.69, 9.17) is 0 Å². The van der Waals surface area contributed by atoms with Gasteiger partial charge in [0, 0.05) is 11.1 Å². The van der Waals surface area contributed by atoms with Gasteiger partial charge in [0.2, 0.25) is 0 Å². The molecule has 0 spiro atoms. The largest absolute Gasteiger partial charge is 0.121 e. The van der Waals surface area contributed by atoms with Gasteiger partial charge in [-0.2, -0.15) is 0 Å². The third-order valence-corrected chi connectivity index (χ3v) is 7.17. The molecule has 0 fully saturated rings. The van der Waals surface area contributed by atoms with Crippen molar-refractivity contribution in [2.45, 2.75) is 62.9 Å². The van der Waals surface area contributed by atoms with E-state index >= 15 is 0 Å². The van der Waals surface area contributed by atoms with Crippen LogP contribution >= 0.6 is 26.2 Å². The molecule has 0 amide bonds. The molecular weight excluding hydrogens is 447 g/mol. The number of halogens is 1. The maximum Gasteiger partial charge on any atom is 0.0412 e. The van der Waals surface area contributed by atoms with Crippen LogP contribution in [-0.4, -0.2) is 0 Å². The summed E-state index contributed by atoms with van der Waals surface area (Å²) in [6.45, 7) is 2.29. The van der Waals surface area contributed by atoms with Crippen molar-refractivity contribution in [1.29, 1.82) is 0 Å². The molecule has 0 heterocycles. The Balaban J connectivity index is 0.00000320. The highest BCUT2D eigenvalue weighted by Gasteiger charge is 2.38. The predicted molar refractivity (Wildman–Crippen MR) is 141 cm³/mol. The molecule has 0 aliphatic rings. The Morgan fingerprint density at radius 2 is 1.07 bits per heavy atom. The molecule has 0 nitrogen and oxygen atoms in total. The third-order valence-electron chi connectivity index (χ3n) is 6.10. The molecule has 3 aromatic rings. The van der Waals surface area contributed by atoms with Crippen molar-refractivity contribution >= 4 is 26.2 Å². The SMILES string of the molecule is Br.CCCCCCCCC(c1ccccc1)C(P)(c1ccccc1)c1ccccc1. The molecule has 3 rings (SSSR count). The Hall–Kier alpha value is -1.43. The van der Waals surface area contributed by atoms with Gasteiger partial charge in [0.25, 0.3) is 0 Å². The summed E-state index contributed by atoms with van der Waals surface area (Å²) in [6.07, 6.45) is 9.20. The first-order valence-corrected chi connectivity index (χ1v) is 11.8. The molecule has 30 heavy (non-hydrogen) atoms. The van der Waals surface area contributed by atoms with Gasteiger partial charge in [-0.25, -0.2) is 0 Å². The molecular formula is C28H36BrP. The Morgan fingerprint density at radius 1 is 0.633 bits per heavy atom. The van der Waals surface area contributed by atoms with E-state index in [1.54, 1.807) is 0 Å². The average Bonchev–Trinajstić information content (AvgIpc) is 2.80. The van der Waals surface area contributed by atoms with Crippen LogP contribution in [-0.2, 0) is 5.16 Å². The summed E-state index contributed by atoms with van der Waals surface area (Å²) in [5.41, 5.74) is 4.18. The molecule has 0 bridgehead atoms. The zero-order valence-electron chi connectivity index (χ0n) is 18.2. The number of unbranched alkanes of at least 4 members (excludes halogenated alkanes) is 5. The summed E-state index contributed by atoms with van der Waals surface area (Å²) < 4.78 is 0. The van der Waals surface area contributed by atoms with Gasteiger partial charge in [-0.3, -0.25) is 0 Å². The summed E-state index contributed by atoms with van der Waals surface area (Å²) in [5.74, 6) is 0.421. The van der Waals surface area contributed by atoms with E-state index in [1.165, 1.54) is 61.6 Å². The van der Waals surface area contributed by atoms with Crippen molar-refractivity contribution < 1.29 is 0 Å². The number of rotatable bonds is 11. The lowest BCUT2D eigenvalue weighted by Crippen LogP contribution is -2.29. The van der Waals surface area contributed by atoms with Gasteiger partial charge in [-0.15, -0.1) is 26.2 Å².